The van der Waals surface area contributed by atoms with Gasteiger partial charge in [-0.2, -0.15) is 0 Å². The molecule has 0 amide bonds. The van der Waals surface area contributed by atoms with Crippen molar-refractivity contribution in [2.24, 2.45) is 5.73 Å². The molecule has 0 aromatic heterocycles. The van der Waals surface area contributed by atoms with E-state index in [1.807, 2.05) is 18.2 Å². The minimum absolute atomic E-state index is 0.124. The maximum atomic E-state index is 6.42. The van der Waals surface area contributed by atoms with Crippen LogP contribution in [0, 0.1) is 0 Å². The van der Waals surface area contributed by atoms with Crippen LogP contribution in [0.2, 0.25) is 5.02 Å². The molecule has 0 spiro atoms. The molecule has 3 heteroatoms. The van der Waals surface area contributed by atoms with E-state index in [0.717, 1.165) is 43.9 Å². The number of hydrogen-bond acceptors (Lipinski definition) is 2. The minimum Gasteiger partial charge on any atom is -0.381 e. The van der Waals surface area contributed by atoms with E-state index >= 15 is 0 Å². The SMILES string of the molecule is NC1(Cc2cccc(Cl)c2)CCCOCC1. The highest BCUT2D eigenvalue weighted by Gasteiger charge is 2.26. The number of rotatable bonds is 2. The summed E-state index contributed by atoms with van der Waals surface area (Å²) < 4.78 is 5.45. The Bertz CT molecular complexity index is 346. The Kier molecular flexibility index (Phi) is 3.85. The molecule has 0 saturated carbocycles. The van der Waals surface area contributed by atoms with Crippen molar-refractivity contribution in [3.63, 3.8) is 0 Å². The highest BCUT2D eigenvalue weighted by molar-refractivity contribution is 6.30. The van der Waals surface area contributed by atoms with Crippen LogP contribution < -0.4 is 5.73 Å². The van der Waals surface area contributed by atoms with Crippen LogP contribution in [0.1, 0.15) is 24.8 Å². The fourth-order valence-electron chi connectivity index (χ4n) is 2.26. The number of ether oxygens (including phenoxy) is 1. The lowest BCUT2D eigenvalue weighted by Gasteiger charge is -2.27. The second-order valence-electron chi connectivity index (χ2n) is 4.63. The predicted molar refractivity (Wildman–Crippen MR) is 66.7 cm³/mol. The Morgan fingerprint density at radius 1 is 1.31 bits per heavy atom. The van der Waals surface area contributed by atoms with Gasteiger partial charge in [0.2, 0.25) is 0 Å². The molecule has 16 heavy (non-hydrogen) atoms. The maximum absolute atomic E-state index is 6.42. The molecule has 1 aliphatic heterocycles. The molecule has 1 aromatic carbocycles. The normalized spacial score (nSPS) is 26.4. The van der Waals surface area contributed by atoms with E-state index in [4.69, 9.17) is 22.1 Å². The summed E-state index contributed by atoms with van der Waals surface area (Å²) in [5.41, 5.74) is 7.51. The molecule has 0 bridgehead atoms. The van der Waals surface area contributed by atoms with Crippen LogP contribution in [0.25, 0.3) is 0 Å². The minimum atomic E-state index is -0.124. The maximum Gasteiger partial charge on any atom is 0.0483 e. The van der Waals surface area contributed by atoms with E-state index in [2.05, 4.69) is 6.07 Å². The summed E-state index contributed by atoms with van der Waals surface area (Å²) >= 11 is 5.97. The summed E-state index contributed by atoms with van der Waals surface area (Å²) in [6.07, 6.45) is 3.90. The van der Waals surface area contributed by atoms with Crippen LogP contribution in [0.3, 0.4) is 0 Å². The van der Waals surface area contributed by atoms with Crippen molar-refractivity contribution in [1.82, 2.24) is 0 Å². The van der Waals surface area contributed by atoms with Gasteiger partial charge in [0, 0.05) is 23.8 Å². The molecule has 2 nitrogen and oxygen atoms in total. The van der Waals surface area contributed by atoms with Gasteiger partial charge in [-0.3, -0.25) is 0 Å². The van der Waals surface area contributed by atoms with Crippen LogP contribution in [-0.4, -0.2) is 18.8 Å². The fourth-order valence-corrected chi connectivity index (χ4v) is 2.47. The van der Waals surface area contributed by atoms with Crippen molar-refractivity contribution in [2.45, 2.75) is 31.2 Å². The number of benzene rings is 1. The zero-order chi connectivity index (χ0) is 11.4. The first kappa shape index (κ1) is 11.9. The quantitative estimate of drug-likeness (QED) is 0.862. The molecule has 2 rings (SSSR count). The van der Waals surface area contributed by atoms with Crippen LogP contribution in [0.5, 0.6) is 0 Å². The van der Waals surface area contributed by atoms with Crippen LogP contribution in [0.15, 0.2) is 24.3 Å². The summed E-state index contributed by atoms with van der Waals surface area (Å²) in [6, 6.07) is 7.97. The van der Waals surface area contributed by atoms with E-state index in [9.17, 15) is 0 Å². The van der Waals surface area contributed by atoms with E-state index in [0.29, 0.717) is 0 Å². The van der Waals surface area contributed by atoms with E-state index < -0.39 is 0 Å². The monoisotopic (exact) mass is 239 g/mol. The first-order chi connectivity index (χ1) is 7.68. The zero-order valence-electron chi connectivity index (χ0n) is 9.42. The first-order valence-electron chi connectivity index (χ1n) is 5.79. The number of nitrogens with two attached hydrogens (primary N) is 1. The number of halogens is 1. The summed E-state index contributed by atoms with van der Waals surface area (Å²) in [5, 5.41) is 0.783. The van der Waals surface area contributed by atoms with Crippen molar-refractivity contribution in [1.29, 1.82) is 0 Å². The Morgan fingerprint density at radius 3 is 3.00 bits per heavy atom. The van der Waals surface area contributed by atoms with Gasteiger partial charge in [0.15, 0.2) is 0 Å². The molecule has 2 N–H and O–H groups in total. The summed E-state index contributed by atoms with van der Waals surface area (Å²) in [6.45, 7) is 1.62. The molecular formula is C13H18ClNO. The standard InChI is InChI=1S/C13H18ClNO/c14-12-4-1-3-11(9-12)10-13(15)5-2-7-16-8-6-13/h1,3-4,9H,2,5-8,10,15H2. The molecular weight excluding hydrogens is 222 g/mol. The molecule has 88 valence electrons. The molecule has 1 heterocycles. The third-order valence-electron chi connectivity index (χ3n) is 3.15. The lowest BCUT2D eigenvalue weighted by atomic mass is 9.85. The van der Waals surface area contributed by atoms with Crippen molar-refractivity contribution < 1.29 is 4.74 Å². The summed E-state index contributed by atoms with van der Waals surface area (Å²) in [4.78, 5) is 0. The molecule has 1 saturated heterocycles. The van der Waals surface area contributed by atoms with Gasteiger partial charge in [-0.15, -0.1) is 0 Å². The van der Waals surface area contributed by atoms with E-state index in [1.54, 1.807) is 0 Å². The van der Waals surface area contributed by atoms with Crippen LogP contribution >= 0.6 is 11.6 Å². The summed E-state index contributed by atoms with van der Waals surface area (Å²) in [7, 11) is 0. The molecule has 1 aromatic rings. The second kappa shape index (κ2) is 5.17. The Balaban J connectivity index is 2.06. The van der Waals surface area contributed by atoms with E-state index in [1.165, 1.54) is 5.56 Å². The van der Waals surface area contributed by atoms with Gasteiger partial charge in [-0.1, -0.05) is 23.7 Å². The zero-order valence-corrected chi connectivity index (χ0v) is 10.2. The van der Waals surface area contributed by atoms with Gasteiger partial charge in [0.1, 0.15) is 0 Å². The van der Waals surface area contributed by atoms with Gasteiger partial charge < -0.3 is 10.5 Å². The van der Waals surface area contributed by atoms with Gasteiger partial charge in [-0.05, 0) is 43.4 Å². The predicted octanol–water partition coefficient (Wildman–Crippen LogP) is 2.78. The summed E-state index contributed by atoms with van der Waals surface area (Å²) in [5.74, 6) is 0. The largest absolute Gasteiger partial charge is 0.381 e. The Morgan fingerprint density at radius 2 is 2.19 bits per heavy atom. The van der Waals surface area contributed by atoms with Gasteiger partial charge in [-0.25, -0.2) is 0 Å². The first-order valence-corrected chi connectivity index (χ1v) is 6.17. The van der Waals surface area contributed by atoms with Crippen LogP contribution in [0.4, 0.5) is 0 Å². The van der Waals surface area contributed by atoms with Gasteiger partial charge in [0.05, 0.1) is 0 Å². The van der Waals surface area contributed by atoms with Crippen LogP contribution in [-0.2, 0) is 11.2 Å². The smallest absolute Gasteiger partial charge is 0.0483 e. The molecule has 0 radical (unpaired) electrons. The third-order valence-corrected chi connectivity index (χ3v) is 3.39. The average Bonchev–Trinajstić information content (AvgIpc) is 2.43. The van der Waals surface area contributed by atoms with Gasteiger partial charge >= 0.3 is 0 Å². The Hall–Kier alpha value is -0.570. The molecule has 1 atom stereocenters. The second-order valence-corrected chi connectivity index (χ2v) is 5.07. The molecule has 1 aliphatic rings. The van der Waals surface area contributed by atoms with E-state index in [-0.39, 0.29) is 5.54 Å². The lowest BCUT2D eigenvalue weighted by Crippen LogP contribution is -2.42. The molecule has 0 aliphatic carbocycles. The van der Waals surface area contributed by atoms with Crippen molar-refractivity contribution in [3.8, 4) is 0 Å². The van der Waals surface area contributed by atoms with Crippen molar-refractivity contribution >= 4 is 11.6 Å². The lowest BCUT2D eigenvalue weighted by molar-refractivity contribution is 0.139. The highest BCUT2D eigenvalue weighted by atomic mass is 35.5. The fraction of sp³-hybridized carbons (Fsp3) is 0.538. The third kappa shape index (κ3) is 3.21. The van der Waals surface area contributed by atoms with Crippen molar-refractivity contribution in [3.05, 3.63) is 34.9 Å². The molecule has 1 unspecified atom stereocenters. The van der Waals surface area contributed by atoms with Crippen molar-refractivity contribution in [2.75, 3.05) is 13.2 Å². The topological polar surface area (TPSA) is 35.2 Å². The Labute approximate surface area is 102 Å². The highest BCUT2D eigenvalue weighted by Crippen LogP contribution is 2.24. The molecule has 1 fully saturated rings. The average molecular weight is 240 g/mol. The van der Waals surface area contributed by atoms with Gasteiger partial charge in [0.25, 0.3) is 0 Å². The number of hydrogen-bond donors (Lipinski definition) is 1.